The number of hydrogen-bond acceptors (Lipinski definition) is 3. The Morgan fingerprint density at radius 2 is 1.28 bits per heavy atom. The minimum Gasteiger partial charge on any atom is -0.394 e. The predicted molar refractivity (Wildman–Crippen MR) is 138 cm³/mol. The summed E-state index contributed by atoms with van der Waals surface area (Å²) in [6.45, 7) is 4.21. The normalized spacial score (nSPS) is 13.8. The molecule has 2 atom stereocenters. The number of nitrogens with one attached hydrogen (secondary N) is 1. The molecule has 0 saturated carbocycles. The average molecular weight is 452 g/mol. The van der Waals surface area contributed by atoms with Gasteiger partial charge in [0.1, 0.15) is 0 Å². The topological polar surface area (TPSA) is 69.6 Å². The number of unbranched alkanes of at least 4 members (excludes halogenated alkanes) is 12. The van der Waals surface area contributed by atoms with Crippen LogP contribution in [0.15, 0.2) is 24.3 Å². The van der Waals surface area contributed by atoms with Crippen LogP contribution < -0.4 is 5.32 Å². The van der Waals surface area contributed by atoms with Gasteiger partial charge < -0.3 is 15.5 Å². The fraction of sp³-hybridized carbons (Fsp3) is 0.821. The minimum atomic E-state index is -0.657. The van der Waals surface area contributed by atoms with Crippen LogP contribution in [0.2, 0.25) is 0 Å². The van der Waals surface area contributed by atoms with Crippen LogP contribution in [0.4, 0.5) is 0 Å². The van der Waals surface area contributed by atoms with Crippen LogP contribution in [0.3, 0.4) is 0 Å². The fourth-order valence-corrected chi connectivity index (χ4v) is 3.80. The number of aliphatic hydroxyl groups excluding tert-OH is 2. The van der Waals surface area contributed by atoms with Crippen molar-refractivity contribution in [2.75, 3.05) is 6.61 Å². The lowest BCUT2D eigenvalue weighted by molar-refractivity contribution is -0.123. The molecule has 3 N–H and O–H groups in total. The first kappa shape index (κ1) is 30.9. The van der Waals surface area contributed by atoms with Crippen molar-refractivity contribution in [2.24, 2.45) is 0 Å². The molecule has 0 fully saturated rings. The van der Waals surface area contributed by atoms with Crippen molar-refractivity contribution in [3.05, 3.63) is 24.3 Å². The van der Waals surface area contributed by atoms with Crippen LogP contribution in [-0.2, 0) is 4.79 Å². The van der Waals surface area contributed by atoms with Crippen LogP contribution in [0, 0.1) is 0 Å². The minimum absolute atomic E-state index is 0.0558. The van der Waals surface area contributed by atoms with E-state index in [0.717, 1.165) is 44.9 Å². The number of carbonyl (C=O) groups is 1. The Balaban J connectivity index is 3.63. The van der Waals surface area contributed by atoms with Gasteiger partial charge in [0.2, 0.25) is 5.91 Å². The van der Waals surface area contributed by atoms with Crippen LogP contribution in [-0.4, -0.2) is 34.9 Å². The Hall–Kier alpha value is -1.13. The van der Waals surface area contributed by atoms with E-state index >= 15 is 0 Å². The van der Waals surface area contributed by atoms with Crippen molar-refractivity contribution < 1.29 is 15.0 Å². The van der Waals surface area contributed by atoms with E-state index in [4.69, 9.17) is 0 Å². The third-order valence-corrected chi connectivity index (χ3v) is 5.97. The number of aliphatic hydroxyl groups is 2. The standard InChI is InChI=1S/C28H53NO3/c1-3-5-7-9-10-11-12-13-14-15-16-17-18-20-22-24-28(32)29-26(25-30)27(31)23-21-19-8-6-4-2/h10-11,13-14,26-27,30-31H,3-9,12,15-25H2,1-2H3,(H,29,32)/b11-10-,14-13-. The predicted octanol–water partition coefficient (Wildman–Crippen LogP) is 7.00. The summed E-state index contributed by atoms with van der Waals surface area (Å²) in [6.07, 6.45) is 28.0. The summed E-state index contributed by atoms with van der Waals surface area (Å²) in [5, 5.41) is 22.6. The van der Waals surface area contributed by atoms with Gasteiger partial charge in [0, 0.05) is 6.42 Å². The molecule has 2 unspecified atom stereocenters. The Morgan fingerprint density at radius 3 is 1.94 bits per heavy atom. The van der Waals surface area contributed by atoms with Gasteiger partial charge in [0.15, 0.2) is 0 Å². The van der Waals surface area contributed by atoms with Gasteiger partial charge in [0.25, 0.3) is 0 Å². The van der Waals surface area contributed by atoms with Crippen molar-refractivity contribution in [1.82, 2.24) is 5.32 Å². The van der Waals surface area contributed by atoms with E-state index in [1.807, 2.05) is 0 Å². The maximum Gasteiger partial charge on any atom is 0.220 e. The molecule has 0 aliphatic rings. The van der Waals surface area contributed by atoms with E-state index in [1.165, 1.54) is 57.8 Å². The molecule has 0 radical (unpaired) electrons. The highest BCUT2D eigenvalue weighted by Crippen LogP contribution is 2.11. The number of carbonyl (C=O) groups excluding carboxylic acids is 1. The third-order valence-electron chi connectivity index (χ3n) is 5.97. The van der Waals surface area contributed by atoms with Gasteiger partial charge in [-0.05, 0) is 44.9 Å². The van der Waals surface area contributed by atoms with Gasteiger partial charge in [-0.25, -0.2) is 0 Å². The maximum absolute atomic E-state index is 12.1. The molecule has 0 aliphatic heterocycles. The SMILES string of the molecule is CCCCC/C=C\C/C=C\CCCCCCCC(=O)NC(CO)C(O)CCCCCCC. The van der Waals surface area contributed by atoms with E-state index in [9.17, 15) is 15.0 Å². The molecule has 0 rings (SSSR count). The first-order valence-electron chi connectivity index (χ1n) is 13.5. The summed E-state index contributed by atoms with van der Waals surface area (Å²) >= 11 is 0. The Labute approximate surface area is 199 Å². The monoisotopic (exact) mass is 451 g/mol. The van der Waals surface area contributed by atoms with Crippen molar-refractivity contribution in [2.45, 2.75) is 142 Å². The molecular formula is C28H53NO3. The molecule has 0 aromatic rings. The van der Waals surface area contributed by atoms with Crippen molar-refractivity contribution in [3.8, 4) is 0 Å². The summed E-state index contributed by atoms with van der Waals surface area (Å²) < 4.78 is 0. The van der Waals surface area contributed by atoms with Crippen LogP contribution in [0.5, 0.6) is 0 Å². The summed E-state index contributed by atoms with van der Waals surface area (Å²) in [4.78, 5) is 12.1. The molecule has 32 heavy (non-hydrogen) atoms. The Morgan fingerprint density at radius 1 is 0.750 bits per heavy atom. The van der Waals surface area contributed by atoms with E-state index < -0.39 is 12.1 Å². The lowest BCUT2D eigenvalue weighted by Crippen LogP contribution is -2.45. The van der Waals surface area contributed by atoms with Crippen molar-refractivity contribution in [1.29, 1.82) is 0 Å². The zero-order valence-corrected chi connectivity index (χ0v) is 21.2. The average Bonchev–Trinajstić information content (AvgIpc) is 2.79. The van der Waals surface area contributed by atoms with Gasteiger partial charge in [-0.3, -0.25) is 4.79 Å². The first-order valence-corrected chi connectivity index (χ1v) is 13.5. The van der Waals surface area contributed by atoms with E-state index in [0.29, 0.717) is 12.8 Å². The van der Waals surface area contributed by atoms with Crippen LogP contribution >= 0.6 is 0 Å². The second kappa shape index (κ2) is 24.5. The lowest BCUT2D eigenvalue weighted by atomic mass is 10.0. The second-order valence-corrected chi connectivity index (χ2v) is 9.11. The Kier molecular flexibility index (Phi) is 23.6. The molecule has 0 aromatic heterocycles. The molecule has 0 heterocycles. The van der Waals surface area contributed by atoms with Crippen LogP contribution in [0.1, 0.15) is 129 Å². The molecule has 1 amide bonds. The molecule has 0 bridgehead atoms. The van der Waals surface area contributed by atoms with Gasteiger partial charge in [-0.1, -0.05) is 102 Å². The molecule has 0 saturated heterocycles. The zero-order valence-electron chi connectivity index (χ0n) is 21.2. The zero-order chi connectivity index (χ0) is 23.7. The molecule has 0 aliphatic carbocycles. The largest absolute Gasteiger partial charge is 0.394 e. The maximum atomic E-state index is 12.1. The Bertz CT molecular complexity index is 462. The summed E-state index contributed by atoms with van der Waals surface area (Å²) in [5.41, 5.74) is 0. The molecule has 4 heteroatoms. The molecule has 0 aromatic carbocycles. The summed E-state index contributed by atoms with van der Waals surface area (Å²) in [7, 11) is 0. The molecule has 4 nitrogen and oxygen atoms in total. The summed E-state index contributed by atoms with van der Waals surface area (Å²) in [6, 6.07) is -0.536. The lowest BCUT2D eigenvalue weighted by Gasteiger charge is -2.22. The molecular weight excluding hydrogens is 398 g/mol. The van der Waals surface area contributed by atoms with Crippen LogP contribution in [0.25, 0.3) is 0 Å². The number of allylic oxidation sites excluding steroid dienone is 4. The van der Waals surface area contributed by atoms with Crippen molar-refractivity contribution >= 4 is 5.91 Å². The van der Waals surface area contributed by atoms with Gasteiger partial charge >= 0.3 is 0 Å². The number of hydrogen-bond donors (Lipinski definition) is 3. The second-order valence-electron chi connectivity index (χ2n) is 9.11. The quantitative estimate of drug-likeness (QED) is 0.116. The highest BCUT2D eigenvalue weighted by Gasteiger charge is 2.19. The van der Waals surface area contributed by atoms with E-state index in [2.05, 4.69) is 43.5 Å². The molecule has 0 spiro atoms. The van der Waals surface area contributed by atoms with Crippen molar-refractivity contribution in [3.63, 3.8) is 0 Å². The molecule has 188 valence electrons. The van der Waals surface area contributed by atoms with Gasteiger partial charge in [-0.15, -0.1) is 0 Å². The van der Waals surface area contributed by atoms with Gasteiger partial charge in [0.05, 0.1) is 18.8 Å². The van der Waals surface area contributed by atoms with E-state index in [-0.39, 0.29) is 12.5 Å². The smallest absolute Gasteiger partial charge is 0.220 e. The van der Waals surface area contributed by atoms with E-state index in [1.54, 1.807) is 0 Å². The highest BCUT2D eigenvalue weighted by atomic mass is 16.3. The third kappa shape index (κ3) is 20.8. The number of rotatable bonds is 23. The fourth-order valence-electron chi connectivity index (χ4n) is 3.80. The number of amides is 1. The van der Waals surface area contributed by atoms with Gasteiger partial charge in [-0.2, -0.15) is 0 Å². The summed E-state index contributed by atoms with van der Waals surface area (Å²) in [5.74, 6) is -0.0558. The highest BCUT2D eigenvalue weighted by molar-refractivity contribution is 5.76. The first-order chi connectivity index (χ1) is 15.7.